The summed E-state index contributed by atoms with van der Waals surface area (Å²) >= 11 is 13.6. The normalized spacial score (nSPS) is 14.3. The average Bonchev–Trinajstić information content (AvgIpc) is 3.37. The summed E-state index contributed by atoms with van der Waals surface area (Å²) in [7, 11) is -3.63. The summed E-state index contributed by atoms with van der Waals surface area (Å²) in [6, 6.07) is 21.6. The van der Waals surface area contributed by atoms with Gasteiger partial charge in [0, 0.05) is 40.3 Å². The van der Waals surface area contributed by atoms with Crippen molar-refractivity contribution >= 4 is 61.3 Å². The zero-order valence-electron chi connectivity index (χ0n) is 20.3. The van der Waals surface area contributed by atoms with E-state index in [9.17, 15) is 13.2 Å². The molecule has 11 heteroatoms. The molecule has 0 aliphatic carbocycles. The maximum absolute atomic E-state index is 13.0. The van der Waals surface area contributed by atoms with Crippen LogP contribution < -0.4 is 9.62 Å². The van der Waals surface area contributed by atoms with Crippen molar-refractivity contribution in [2.45, 2.75) is 12.1 Å². The quantitative estimate of drug-likeness (QED) is 0.276. The van der Waals surface area contributed by atoms with E-state index in [1.807, 2.05) is 48.5 Å². The molecule has 0 bridgehead atoms. The molecule has 1 fully saturated rings. The number of sulfonamides is 1. The van der Waals surface area contributed by atoms with Crippen LogP contribution >= 0.6 is 34.5 Å². The number of nitrogens with zero attached hydrogens (tertiary/aromatic N) is 3. The highest BCUT2D eigenvalue weighted by atomic mass is 35.5. The zero-order chi connectivity index (χ0) is 26.9. The SMILES string of the molecule is CS(=O)(=O)N(c1cccc(C(=O)Nc2nccs2)c1)C1CN(C(c2ccc(Cl)cc2)c2ccc(Cl)cc2)C1. The van der Waals surface area contributed by atoms with Gasteiger partial charge in [0.1, 0.15) is 0 Å². The molecule has 0 saturated carbocycles. The second-order valence-electron chi connectivity index (χ2n) is 9.01. The Morgan fingerprint density at radius 2 is 1.63 bits per heavy atom. The Labute approximate surface area is 235 Å². The first-order valence-corrected chi connectivity index (χ1v) is 15.2. The minimum atomic E-state index is -3.63. The van der Waals surface area contributed by atoms with Crippen molar-refractivity contribution < 1.29 is 13.2 Å². The first-order chi connectivity index (χ1) is 18.2. The molecule has 38 heavy (non-hydrogen) atoms. The van der Waals surface area contributed by atoms with Crippen molar-refractivity contribution in [3.05, 3.63) is 111 Å². The molecule has 196 valence electrons. The van der Waals surface area contributed by atoms with Gasteiger partial charge in [0.2, 0.25) is 10.0 Å². The van der Waals surface area contributed by atoms with Gasteiger partial charge >= 0.3 is 0 Å². The van der Waals surface area contributed by atoms with E-state index in [-0.39, 0.29) is 18.0 Å². The van der Waals surface area contributed by atoms with E-state index < -0.39 is 10.0 Å². The summed E-state index contributed by atoms with van der Waals surface area (Å²) in [5.74, 6) is -0.351. The summed E-state index contributed by atoms with van der Waals surface area (Å²) < 4.78 is 27.3. The Hall–Kier alpha value is -2.95. The third-order valence-electron chi connectivity index (χ3n) is 6.33. The van der Waals surface area contributed by atoms with Crippen molar-refractivity contribution in [2.75, 3.05) is 29.0 Å². The van der Waals surface area contributed by atoms with Gasteiger partial charge in [0.25, 0.3) is 5.91 Å². The fraction of sp³-hybridized carbons (Fsp3) is 0.185. The predicted molar refractivity (Wildman–Crippen MR) is 154 cm³/mol. The van der Waals surface area contributed by atoms with Crippen LogP contribution in [0.2, 0.25) is 10.0 Å². The number of hydrogen-bond acceptors (Lipinski definition) is 6. The maximum atomic E-state index is 13.0. The van der Waals surface area contributed by atoms with Crippen LogP contribution in [0.4, 0.5) is 10.8 Å². The van der Waals surface area contributed by atoms with Crippen LogP contribution in [-0.2, 0) is 10.0 Å². The standard InChI is InChI=1S/C27H24Cl2N4O3S2/c1-38(35,36)33(23-4-2-3-20(15-23)26(34)31-27-30-13-14-37-27)24-16-32(17-24)25(18-5-9-21(28)10-6-18)19-7-11-22(29)12-8-19/h2-15,24-25H,16-17H2,1H3,(H,30,31,34). The number of carbonyl (C=O) groups is 1. The number of amides is 1. The van der Waals surface area contributed by atoms with E-state index in [1.165, 1.54) is 21.9 Å². The zero-order valence-corrected chi connectivity index (χ0v) is 23.4. The van der Waals surface area contributed by atoms with E-state index in [2.05, 4.69) is 15.2 Å². The van der Waals surface area contributed by atoms with Crippen molar-refractivity contribution in [3.8, 4) is 0 Å². The first-order valence-electron chi connectivity index (χ1n) is 11.7. The number of rotatable bonds is 8. The molecule has 1 aromatic heterocycles. The molecule has 0 radical (unpaired) electrons. The van der Waals surface area contributed by atoms with Gasteiger partial charge in [-0.3, -0.25) is 19.3 Å². The molecule has 1 aliphatic heterocycles. The Kier molecular flexibility index (Phi) is 7.74. The molecule has 2 heterocycles. The van der Waals surface area contributed by atoms with Crippen molar-refractivity contribution in [3.63, 3.8) is 0 Å². The molecule has 5 rings (SSSR count). The molecule has 7 nitrogen and oxygen atoms in total. The molecular weight excluding hydrogens is 563 g/mol. The van der Waals surface area contributed by atoms with Crippen LogP contribution in [0, 0.1) is 0 Å². The summed E-state index contributed by atoms with van der Waals surface area (Å²) in [5, 5.41) is 6.27. The lowest BCUT2D eigenvalue weighted by Gasteiger charge is -2.48. The van der Waals surface area contributed by atoms with Crippen LogP contribution in [0.15, 0.2) is 84.4 Å². The number of nitrogens with one attached hydrogen (secondary N) is 1. The molecule has 1 amide bonds. The molecule has 1 N–H and O–H groups in total. The number of likely N-dealkylation sites (tertiary alicyclic amines) is 1. The summed E-state index contributed by atoms with van der Waals surface area (Å²) in [4.78, 5) is 19.0. The molecule has 0 atom stereocenters. The third-order valence-corrected chi connectivity index (χ3v) is 8.75. The van der Waals surface area contributed by atoms with Crippen molar-refractivity contribution in [1.82, 2.24) is 9.88 Å². The Morgan fingerprint density at radius 3 is 2.16 bits per heavy atom. The monoisotopic (exact) mass is 586 g/mol. The Morgan fingerprint density at radius 1 is 1.03 bits per heavy atom. The third kappa shape index (κ3) is 5.87. The number of halogens is 2. The molecule has 1 aliphatic rings. The minimum absolute atomic E-state index is 0.0994. The van der Waals surface area contributed by atoms with Crippen molar-refractivity contribution in [2.24, 2.45) is 0 Å². The maximum Gasteiger partial charge on any atom is 0.257 e. The highest BCUT2D eigenvalue weighted by Gasteiger charge is 2.40. The molecule has 1 saturated heterocycles. The fourth-order valence-electron chi connectivity index (χ4n) is 4.66. The summed E-state index contributed by atoms with van der Waals surface area (Å²) in [6.07, 6.45) is 2.79. The minimum Gasteiger partial charge on any atom is -0.298 e. The second-order valence-corrected chi connectivity index (χ2v) is 12.6. The highest BCUT2D eigenvalue weighted by molar-refractivity contribution is 7.92. The van der Waals surface area contributed by atoms with E-state index in [0.29, 0.717) is 39.5 Å². The summed E-state index contributed by atoms with van der Waals surface area (Å²) in [6.45, 7) is 0.997. The van der Waals surface area contributed by atoms with E-state index in [4.69, 9.17) is 23.2 Å². The van der Waals surface area contributed by atoms with Crippen LogP contribution in [0.3, 0.4) is 0 Å². The van der Waals surface area contributed by atoms with Gasteiger partial charge in [0.05, 0.1) is 24.0 Å². The number of hydrogen-bond donors (Lipinski definition) is 1. The van der Waals surface area contributed by atoms with Gasteiger partial charge < -0.3 is 0 Å². The topological polar surface area (TPSA) is 82.6 Å². The van der Waals surface area contributed by atoms with Gasteiger partial charge in [-0.25, -0.2) is 13.4 Å². The second kappa shape index (κ2) is 11.0. The fourth-order valence-corrected chi connectivity index (χ4v) is 6.61. The number of aromatic nitrogens is 1. The molecule has 0 unspecified atom stereocenters. The largest absolute Gasteiger partial charge is 0.298 e. The van der Waals surface area contributed by atoms with Gasteiger partial charge in [-0.05, 0) is 53.6 Å². The number of thiazole rings is 1. The summed E-state index contributed by atoms with van der Waals surface area (Å²) in [5.41, 5.74) is 2.88. The van der Waals surface area contributed by atoms with Crippen LogP contribution in [-0.4, -0.2) is 49.6 Å². The lowest BCUT2D eigenvalue weighted by atomic mass is 9.93. The predicted octanol–water partition coefficient (Wildman–Crippen LogP) is 5.94. The van der Waals surface area contributed by atoms with E-state index in [0.717, 1.165) is 11.1 Å². The average molecular weight is 588 g/mol. The van der Waals surface area contributed by atoms with E-state index >= 15 is 0 Å². The highest BCUT2D eigenvalue weighted by Crippen LogP contribution is 2.36. The molecule has 3 aromatic carbocycles. The molecule has 0 spiro atoms. The Bertz CT molecular complexity index is 1480. The lowest BCUT2D eigenvalue weighted by molar-refractivity contribution is 0.102. The first kappa shape index (κ1) is 26.6. The smallest absolute Gasteiger partial charge is 0.257 e. The number of benzene rings is 3. The van der Waals surface area contributed by atoms with E-state index in [1.54, 1.807) is 35.8 Å². The Balaban J connectivity index is 1.40. The molecule has 4 aromatic rings. The number of carbonyl (C=O) groups excluding carboxylic acids is 1. The van der Waals surface area contributed by atoms with Gasteiger partial charge in [-0.15, -0.1) is 11.3 Å². The van der Waals surface area contributed by atoms with Crippen LogP contribution in [0.25, 0.3) is 0 Å². The lowest BCUT2D eigenvalue weighted by Crippen LogP contribution is -2.61. The van der Waals surface area contributed by atoms with Gasteiger partial charge in [-0.1, -0.05) is 53.5 Å². The van der Waals surface area contributed by atoms with Gasteiger partial charge in [-0.2, -0.15) is 0 Å². The van der Waals surface area contributed by atoms with Crippen LogP contribution in [0.1, 0.15) is 27.5 Å². The van der Waals surface area contributed by atoms with Gasteiger partial charge in [0.15, 0.2) is 5.13 Å². The molecular formula is C27H24Cl2N4O3S2. The van der Waals surface area contributed by atoms with Crippen molar-refractivity contribution in [1.29, 1.82) is 0 Å². The number of anilines is 2. The van der Waals surface area contributed by atoms with Crippen LogP contribution in [0.5, 0.6) is 0 Å².